The average Bonchev–Trinajstić information content (AvgIpc) is 2.03. The maximum absolute atomic E-state index is 10.7. The van der Waals surface area contributed by atoms with Gasteiger partial charge in [-0.3, -0.25) is 4.21 Å². The topological polar surface area (TPSA) is 38.3 Å². The van der Waals surface area contributed by atoms with Gasteiger partial charge in [-0.15, -0.1) is 0 Å². The van der Waals surface area contributed by atoms with Crippen LogP contribution < -0.4 is 5.32 Å². The summed E-state index contributed by atoms with van der Waals surface area (Å²) >= 11 is 4.86. The Hall–Kier alpha value is -0.160. The lowest BCUT2D eigenvalue weighted by molar-refractivity contribution is 0.320. The summed E-state index contributed by atoms with van der Waals surface area (Å²) < 4.78 is 15.7. The molecule has 0 bridgehead atoms. The molecule has 5 heteroatoms. The highest BCUT2D eigenvalue weighted by atomic mass is 32.2. The first-order valence-corrected chi connectivity index (χ1v) is 6.51. The van der Waals surface area contributed by atoms with Crippen LogP contribution in [0, 0.1) is 0 Å². The molecule has 0 heterocycles. The third kappa shape index (κ3) is 9.76. The molecule has 0 aliphatic heterocycles. The monoisotopic (exact) mass is 223 g/mol. The zero-order chi connectivity index (χ0) is 10.1. The van der Waals surface area contributed by atoms with Crippen LogP contribution in [0.5, 0.6) is 0 Å². The van der Waals surface area contributed by atoms with Gasteiger partial charge in [0.25, 0.3) is 5.17 Å². The molecular formula is C8H17NO2S2. The van der Waals surface area contributed by atoms with Crippen molar-refractivity contribution in [3.8, 4) is 0 Å². The van der Waals surface area contributed by atoms with Crippen LogP contribution >= 0.6 is 12.2 Å². The molecule has 3 nitrogen and oxygen atoms in total. The molecule has 0 aliphatic rings. The van der Waals surface area contributed by atoms with E-state index in [0.29, 0.717) is 11.8 Å². The third-order valence-corrected chi connectivity index (χ3v) is 2.53. The van der Waals surface area contributed by atoms with E-state index in [0.717, 1.165) is 25.1 Å². The van der Waals surface area contributed by atoms with Gasteiger partial charge < -0.3 is 10.1 Å². The molecule has 0 aromatic heterocycles. The second kappa shape index (κ2) is 8.44. The molecule has 0 unspecified atom stereocenters. The number of ether oxygens (including phenoxy) is 1. The van der Waals surface area contributed by atoms with Gasteiger partial charge in [0.15, 0.2) is 0 Å². The molecule has 1 N–H and O–H groups in total. The highest BCUT2D eigenvalue weighted by Crippen LogP contribution is 1.89. The van der Waals surface area contributed by atoms with Crippen LogP contribution in [0.2, 0.25) is 0 Å². The van der Waals surface area contributed by atoms with E-state index < -0.39 is 10.8 Å². The van der Waals surface area contributed by atoms with Crippen molar-refractivity contribution in [2.24, 2.45) is 0 Å². The maximum atomic E-state index is 10.7. The summed E-state index contributed by atoms with van der Waals surface area (Å²) in [7, 11) is -0.675. The molecule has 0 saturated carbocycles. The Balaban J connectivity index is 3.16. The number of nitrogens with one attached hydrogen (secondary N) is 1. The minimum Gasteiger partial charge on any atom is -0.471 e. The SMILES string of the molecule is CCOC(=S)NCCCC[S@@](C)=O. The van der Waals surface area contributed by atoms with Crippen LogP contribution in [0.25, 0.3) is 0 Å². The predicted octanol–water partition coefficient (Wildman–Crippen LogP) is 1.06. The molecule has 0 aromatic rings. The lowest BCUT2D eigenvalue weighted by Crippen LogP contribution is -2.25. The quantitative estimate of drug-likeness (QED) is 0.540. The molecule has 0 spiro atoms. The van der Waals surface area contributed by atoms with Gasteiger partial charge in [-0.05, 0) is 32.0 Å². The normalized spacial score (nSPS) is 12.2. The van der Waals surface area contributed by atoms with Crippen LogP contribution in [-0.4, -0.2) is 34.5 Å². The number of hydrogen-bond donors (Lipinski definition) is 1. The van der Waals surface area contributed by atoms with E-state index in [-0.39, 0.29) is 0 Å². The summed E-state index contributed by atoms with van der Waals surface area (Å²) in [4.78, 5) is 0. The average molecular weight is 223 g/mol. The molecule has 0 rings (SSSR count). The Bertz CT molecular complexity index is 174. The minimum absolute atomic E-state index is 0.458. The molecule has 0 aromatic carbocycles. The van der Waals surface area contributed by atoms with Crippen molar-refractivity contribution in [1.82, 2.24) is 5.32 Å². The van der Waals surface area contributed by atoms with Gasteiger partial charge in [-0.2, -0.15) is 0 Å². The molecule has 78 valence electrons. The highest BCUT2D eigenvalue weighted by Gasteiger charge is 1.95. The zero-order valence-electron chi connectivity index (χ0n) is 8.17. The lowest BCUT2D eigenvalue weighted by Gasteiger charge is -2.06. The second-order valence-electron chi connectivity index (χ2n) is 2.63. The highest BCUT2D eigenvalue weighted by molar-refractivity contribution is 7.84. The number of rotatable bonds is 6. The van der Waals surface area contributed by atoms with E-state index in [1.54, 1.807) is 6.26 Å². The molecule has 0 radical (unpaired) electrons. The molecule has 0 aliphatic carbocycles. The molecule has 0 fully saturated rings. The summed E-state index contributed by atoms with van der Waals surface area (Å²) in [6, 6.07) is 0. The first kappa shape index (κ1) is 12.8. The van der Waals surface area contributed by atoms with Crippen LogP contribution in [0.1, 0.15) is 19.8 Å². The summed E-state index contributed by atoms with van der Waals surface area (Å²) in [5.74, 6) is 0.767. The molecule has 13 heavy (non-hydrogen) atoms. The van der Waals surface area contributed by atoms with Gasteiger partial charge in [-0.1, -0.05) is 0 Å². The summed E-state index contributed by atoms with van der Waals surface area (Å²) in [6.45, 7) is 3.30. The smallest absolute Gasteiger partial charge is 0.256 e. The zero-order valence-corrected chi connectivity index (χ0v) is 9.80. The summed E-state index contributed by atoms with van der Waals surface area (Å²) in [6.07, 6.45) is 3.66. The molecule has 1 atom stereocenters. The van der Waals surface area contributed by atoms with Gasteiger partial charge in [-0.25, -0.2) is 0 Å². The van der Waals surface area contributed by atoms with Gasteiger partial charge in [0, 0.05) is 29.4 Å². The van der Waals surface area contributed by atoms with Crippen molar-refractivity contribution >= 4 is 28.2 Å². The van der Waals surface area contributed by atoms with Crippen LogP contribution in [-0.2, 0) is 15.5 Å². The van der Waals surface area contributed by atoms with Gasteiger partial charge in [0.2, 0.25) is 0 Å². The Labute approximate surface area is 87.7 Å². The van der Waals surface area contributed by atoms with Crippen LogP contribution in [0.15, 0.2) is 0 Å². The predicted molar refractivity (Wildman–Crippen MR) is 60.4 cm³/mol. The molecular weight excluding hydrogens is 206 g/mol. The molecule has 0 amide bonds. The summed E-state index contributed by atoms with van der Waals surface area (Å²) in [5, 5.41) is 3.43. The fourth-order valence-electron chi connectivity index (χ4n) is 0.803. The van der Waals surface area contributed by atoms with Gasteiger partial charge >= 0.3 is 0 Å². The van der Waals surface area contributed by atoms with E-state index in [9.17, 15) is 4.21 Å². The molecule has 0 saturated heterocycles. The second-order valence-corrected chi connectivity index (χ2v) is 4.56. The van der Waals surface area contributed by atoms with E-state index in [1.165, 1.54) is 0 Å². The van der Waals surface area contributed by atoms with Crippen LogP contribution in [0.3, 0.4) is 0 Å². The van der Waals surface area contributed by atoms with Crippen molar-refractivity contribution in [3.05, 3.63) is 0 Å². The first-order valence-electron chi connectivity index (χ1n) is 4.37. The standard InChI is InChI=1S/C8H17NO2S2/c1-3-11-8(12)9-6-4-5-7-13(2)10/h3-7H2,1-2H3,(H,9,12)/t13-/m1/s1. The van der Waals surface area contributed by atoms with E-state index >= 15 is 0 Å². The van der Waals surface area contributed by atoms with E-state index in [2.05, 4.69) is 5.32 Å². The van der Waals surface area contributed by atoms with Crippen molar-refractivity contribution in [3.63, 3.8) is 0 Å². The largest absolute Gasteiger partial charge is 0.471 e. The van der Waals surface area contributed by atoms with E-state index in [1.807, 2.05) is 6.92 Å². The van der Waals surface area contributed by atoms with Gasteiger partial charge in [0.05, 0.1) is 6.61 Å². The Morgan fingerprint density at radius 1 is 1.54 bits per heavy atom. The van der Waals surface area contributed by atoms with Crippen LogP contribution in [0.4, 0.5) is 0 Å². The maximum Gasteiger partial charge on any atom is 0.256 e. The number of unbranched alkanes of at least 4 members (excludes halogenated alkanes) is 1. The summed E-state index contributed by atoms with van der Waals surface area (Å²) in [5.41, 5.74) is 0. The Morgan fingerprint density at radius 2 is 2.23 bits per heavy atom. The minimum atomic E-state index is -0.675. The van der Waals surface area contributed by atoms with E-state index in [4.69, 9.17) is 17.0 Å². The van der Waals surface area contributed by atoms with Gasteiger partial charge in [0.1, 0.15) is 0 Å². The fraction of sp³-hybridized carbons (Fsp3) is 0.875. The Morgan fingerprint density at radius 3 is 2.77 bits per heavy atom. The Kier molecular flexibility index (Phi) is 8.33. The third-order valence-electron chi connectivity index (χ3n) is 1.40. The first-order chi connectivity index (χ1) is 6.16. The van der Waals surface area contributed by atoms with Crippen molar-refractivity contribution in [2.75, 3.05) is 25.2 Å². The van der Waals surface area contributed by atoms with Crippen molar-refractivity contribution < 1.29 is 8.95 Å². The number of hydrogen-bond acceptors (Lipinski definition) is 3. The van der Waals surface area contributed by atoms with Crippen molar-refractivity contribution in [1.29, 1.82) is 0 Å². The fourth-order valence-corrected chi connectivity index (χ4v) is 1.63. The lowest BCUT2D eigenvalue weighted by atomic mass is 10.3. The number of thiocarbonyl (C=S) groups is 1. The van der Waals surface area contributed by atoms with Crippen molar-refractivity contribution in [2.45, 2.75) is 19.8 Å².